The maximum absolute atomic E-state index is 12.6. The monoisotopic (exact) mass is 362 g/mol. The highest BCUT2D eigenvalue weighted by molar-refractivity contribution is 6.29. The van der Waals surface area contributed by atoms with E-state index in [0.29, 0.717) is 30.7 Å². The first-order valence-electron chi connectivity index (χ1n) is 8.50. The number of amides is 1. The fraction of sp³-hybridized carbons (Fsp3) is 0.529. The van der Waals surface area contributed by atoms with E-state index in [1.54, 1.807) is 12.4 Å². The van der Waals surface area contributed by atoms with E-state index in [4.69, 9.17) is 11.6 Å². The topological polar surface area (TPSA) is 67.2 Å². The van der Waals surface area contributed by atoms with Crippen molar-refractivity contribution < 1.29 is 4.79 Å². The number of carbonyl (C=O) groups is 1. The number of halogens is 1. The first-order chi connectivity index (χ1) is 11.9. The Hall–Kier alpha value is -2.15. The van der Waals surface area contributed by atoms with Crippen LogP contribution in [-0.4, -0.2) is 56.2 Å². The van der Waals surface area contributed by atoms with Gasteiger partial charge < -0.3 is 14.4 Å². The highest BCUT2D eigenvalue weighted by Crippen LogP contribution is 2.19. The molecule has 0 aromatic carbocycles. The molecule has 1 saturated heterocycles. The summed E-state index contributed by atoms with van der Waals surface area (Å²) in [6.07, 6.45) is 4.08. The van der Waals surface area contributed by atoms with Gasteiger partial charge in [0.15, 0.2) is 11.0 Å². The molecule has 0 unspecified atom stereocenters. The second kappa shape index (κ2) is 7.39. The molecule has 1 fully saturated rings. The van der Waals surface area contributed by atoms with Crippen LogP contribution < -0.4 is 4.90 Å². The predicted molar refractivity (Wildman–Crippen MR) is 96.7 cm³/mol. The number of rotatable bonds is 4. The summed E-state index contributed by atoms with van der Waals surface area (Å²) in [5, 5.41) is 8.42. The lowest BCUT2D eigenvalue weighted by Crippen LogP contribution is -2.54. The summed E-state index contributed by atoms with van der Waals surface area (Å²) in [5.74, 6) is 0.905. The summed E-state index contributed by atoms with van der Waals surface area (Å²) in [6.45, 7) is 8.32. The average Bonchev–Trinajstić information content (AvgIpc) is 3.04. The molecular weight excluding hydrogens is 340 g/mol. The van der Waals surface area contributed by atoms with Gasteiger partial charge in [0, 0.05) is 37.9 Å². The van der Waals surface area contributed by atoms with E-state index in [9.17, 15) is 4.79 Å². The molecule has 0 saturated carbocycles. The zero-order valence-electron chi connectivity index (χ0n) is 14.8. The van der Waals surface area contributed by atoms with Crippen molar-refractivity contribution in [3.8, 4) is 0 Å². The Labute approximate surface area is 152 Å². The standard InChI is InChI=1S/C17H23ClN6O/c1-12(2)23-10-14(19-11-23)8-17(25)22-6-7-24(13(3)9-22)16-5-4-15(18)20-21-16/h4-5,10-13H,6-9H2,1-3H3/t13-/m0/s1. The van der Waals surface area contributed by atoms with Gasteiger partial charge in [-0.05, 0) is 32.9 Å². The number of piperazine rings is 1. The molecule has 0 N–H and O–H groups in total. The Kier molecular flexibility index (Phi) is 5.22. The van der Waals surface area contributed by atoms with Crippen LogP contribution in [-0.2, 0) is 11.2 Å². The zero-order valence-corrected chi connectivity index (χ0v) is 15.5. The molecule has 3 rings (SSSR count). The molecule has 8 heteroatoms. The van der Waals surface area contributed by atoms with E-state index in [-0.39, 0.29) is 11.9 Å². The van der Waals surface area contributed by atoms with Crippen molar-refractivity contribution in [1.82, 2.24) is 24.6 Å². The molecule has 2 aromatic heterocycles. The molecule has 2 aromatic rings. The first-order valence-corrected chi connectivity index (χ1v) is 8.88. The number of imidazole rings is 1. The van der Waals surface area contributed by atoms with Gasteiger partial charge in [0.25, 0.3) is 0 Å². The Morgan fingerprint density at radius 3 is 2.72 bits per heavy atom. The molecule has 1 amide bonds. The summed E-state index contributed by atoms with van der Waals surface area (Å²) in [5.41, 5.74) is 0.817. The van der Waals surface area contributed by atoms with Crippen molar-refractivity contribution in [2.45, 2.75) is 39.3 Å². The minimum atomic E-state index is 0.114. The van der Waals surface area contributed by atoms with Crippen LogP contribution in [0.2, 0.25) is 5.15 Å². The van der Waals surface area contributed by atoms with Crippen molar-refractivity contribution in [3.63, 3.8) is 0 Å². The number of aromatic nitrogens is 4. The van der Waals surface area contributed by atoms with Crippen molar-refractivity contribution in [3.05, 3.63) is 35.5 Å². The number of hydrogen-bond donors (Lipinski definition) is 0. The van der Waals surface area contributed by atoms with Gasteiger partial charge in [-0.2, -0.15) is 0 Å². The Morgan fingerprint density at radius 1 is 1.32 bits per heavy atom. The van der Waals surface area contributed by atoms with Crippen LogP contribution in [0.3, 0.4) is 0 Å². The lowest BCUT2D eigenvalue weighted by Gasteiger charge is -2.40. The summed E-state index contributed by atoms with van der Waals surface area (Å²) >= 11 is 5.80. The summed E-state index contributed by atoms with van der Waals surface area (Å²) < 4.78 is 2.02. The van der Waals surface area contributed by atoms with Crippen molar-refractivity contribution >= 4 is 23.3 Å². The molecular formula is C17H23ClN6O. The van der Waals surface area contributed by atoms with E-state index in [2.05, 4.69) is 40.9 Å². The number of nitrogens with zero attached hydrogens (tertiary/aromatic N) is 6. The molecule has 1 atom stereocenters. The van der Waals surface area contributed by atoms with Gasteiger partial charge in [0.2, 0.25) is 5.91 Å². The third-order valence-corrected chi connectivity index (χ3v) is 4.68. The summed E-state index contributed by atoms with van der Waals surface area (Å²) in [4.78, 5) is 21.0. The third kappa shape index (κ3) is 4.10. The van der Waals surface area contributed by atoms with Crippen LogP contribution in [0.5, 0.6) is 0 Å². The van der Waals surface area contributed by atoms with E-state index in [0.717, 1.165) is 18.1 Å². The first kappa shape index (κ1) is 17.7. The van der Waals surface area contributed by atoms with E-state index < -0.39 is 0 Å². The molecule has 0 radical (unpaired) electrons. The van der Waals surface area contributed by atoms with Crippen LogP contribution in [0, 0.1) is 0 Å². The minimum Gasteiger partial charge on any atom is -0.349 e. The van der Waals surface area contributed by atoms with Gasteiger partial charge >= 0.3 is 0 Å². The van der Waals surface area contributed by atoms with Gasteiger partial charge in [-0.25, -0.2) is 4.98 Å². The maximum Gasteiger partial charge on any atom is 0.228 e. The highest BCUT2D eigenvalue weighted by Gasteiger charge is 2.28. The van der Waals surface area contributed by atoms with Gasteiger partial charge in [-0.15, -0.1) is 10.2 Å². The molecule has 1 aliphatic rings. The fourth-order valence-corrected chi connectivity index (χ4v) is 3.11. The SMILES string of the molecule is CC(C)n1cnc(CC(=O)N2CCN(c3ccc(Cl)nn3)[C@@H](C)C2)c1. The van der Waals surface area contributed by atoms with Crippen molar-refractivity contribution in [2.75, 3.05) is 24.5 Å². The van der Waals surface area contributed by atoms with Crippen LogP contribution in [0.1, 0.15) is 32.5 Å². The molecule has 3 heterocycles. The predicted octanol–water partition coefficient (Wildman–Crippen LogP) is 2.19. The molecule has 134 valence electrons. The second-order valence-corrected chi connectivity index (χ2v) is 7.07. The zero-order chi connectivity index (χ0) is 18.0. The number of carbonyl (C=O) groups excluding carboxylic acids is 1. The van der Waals surface area contributed by atoms with Crippen molar-refractivity contribution in [1.29, 1.82) is 0 Å². The van der Waals surface area contributed by atoms with E-state index in [1.165, 1.54) is 0 Å². The Bertz CT molecular complexity index is 729. The second-order valence-electron chi connectivity index (χ2n) is 6.68. The van der Waals surface area contributed by atoms with Crippen LogP contribution in [0.4, 0.5) is 5.82 Å². The molecule has 25 heavy (non-hydrogen) atoms. The van der Waals surface area contributed by atoms with Crippen molar-refractivity contribution in [2.24, 2.45) is 0 Å². The summed E-state index contributed by atoms with van der Waals surface area (Å²) in [6, 6.07) is 4.11. The molecule has 0 bridgehead atoms. The van der Waals surface area contributed by atoms with Crippen LogP contribution >= 0.6 is 11.6 Å². The quantitative estimate of drug-likeness (QED) is 0.834. The van der Waals surface area contributed by atoms with Crippen LogP contribution in [0.15, 0.2) is 24.7 Å². The minimum absolute atomic E-state index is 0.114. The smallest absolute Gasteiger partial charge is 0.228 e. The normalized spacial score (nSPS) is 18.0. The average molecular weight is 363 g/mol. The van der Waals surface area contributed by atoms with E-state index >= 15 is 0 Å². The Morgan fingerprint density at radius 2 is 2.12 bits per heavy atom. The van der Waals surface area contributed by atoms with Gasteiger partial charge in [-0.1, -0.05) is 11.6 Å². The molecule has 7 nitrogen and oxygen atoms in total. The number of anilines is 1. The van der Waals surface area contributed by atoms with Gasteiger partial charge in [0.1, 0.15) is 0 Å². The lowest BCUT2D eigenvalue weighted by molar-refractivity contribution is -0.131. The molecule has 0 aliphatic carbocycles. The maximum atomic E-state index is 12.6. The Balaban J connectivity index is 1.59. The molecule has 0 spiro atoms. The summed E-state index contributed by atoms with van der Waals surface area (Å²) in [7, 11) is 0. The third-order valence-electron chi connectivity index (χ3n) is 4.48. The molecule has 1 aliphatic heterocycles. The van der Waals surface area contributed by atoms with Gasteiger partial charge in [0.05, 0.1) is 18.4 Å². The van der Waals surface area contributed by atoms with Crippen LogP contribution in [0.25, 0.3) is 0 Å². The van der Waals surface area contributed by atoms with Gasteiger partial charge in [-0.3, -0.25) is 4.79 Å². The lowest BCUT2D eigenvalue weighted by atomic mass is 10.1. The highest BCUT2D eigenvalue weighted by atomic mass is 35.5. The van der Waals surface area contributed by atoms with E-state index in [1.807, 2.05) is 21.7 Å². The fourth-order valence-electron chi connectivity index (χ4n) is 3.01. The number of hydrogen-bond acceptors (Lipinski definition) is 5. The largest absolute Gasteiger partial charge is 0.349 e.